The lowest BCUT2D eigenvalue weighted by atomic mass is 10.1. The van der Waals surface area contributed by atoms with Crippen LogP contribution in [0.4, 0.5) is 0 Å². The Morgan fingerprint density at radius 3 is 2.68 bits per heavy atom. The van der Waals surface area contributed by atoms with E-state index in [0.717, 1.165) is 5.56 Å². The molecule has 0 spiro atoms. The summed E-state index contributed by atoms with van der Waals surface area (Å²) < 4.78 is 1.63. The number of carbonyl (C=O) groups is 2. The van der Waals surface area contributed by atoms with Gasteiger partial charge in [-0.25, -0.2) is 0 Å². The molecular weight excluding hydrogens is 324 g/mol. The molecule has 0 saturated heterocycles. The number of aliphatic carboxylic acids is 1. The molecule has 0 bridgehead atoms. The molecule has 1 heterocycles. The summed E-state index contributed by atoms with van der Waals surface area (Å²) in [5.74, 6) is -1.65. The topological polar surface area (TPSA) is 140 Å². The molecule has 6 N–H and O–H groups in total. The number of benzene rings is 1. The minimum absolute atomic E-state index is 0.0591. The molecule has 1 aromatic heterocycles. The van der Waals surface area contributed by atoms with E-state index in [1.165, 1.54) is 6.20 Å². The zero-order valence-corrected chi connectivity index (χ0v) is 13.6. The number of pyridine rings is 1. The Kier molecular flexibility index (Phi) is 6.04. The molecule has 0 radical (unpaired) electrons. The number of nitrogens with two attached hydrogens (primary N) is 2. The SMILES string of the molecule is NC/C=C/n1cc(C(=O)NCCC(=O)O)c(=O)c2ccc(CN)cc21. The molecule has 8 heteroatoms. The van der Waals surface area contributed by atoms with Crippen molar-refractivity contribution in [2.45, 2.75) is 13.0 Å². The van der Waals surface area contributed by atoms with Crippen LogP contribution >= 0.6 is 0 Å². The van der Waals surface area contributed by atoms with E-state index < -0.39 is 17.3 Å². The quantitative estimate of drug-likeness (QED) is 0.561. The zero-order valence-electron chi connectivity index (χ0n) is 13.6. The summed E-state index contributed by atoms with van der Waals surface area (Å²) in [6.07, 6.45) is 4.54. The first-order valence-electron chi connectivity index (χ1n) is 7.72. The van der Waals surface area contributed by atoms with E-state index in [2.05, 4.69) is 5.32 Å². The Bertz CT molecular complexity index is 886. The van der Waals surface area contributed by atoms with Crippen molar-refractivity contribution in [3.63, 3.8) is 0 Å². The van der Waals surface area contributed by atoms with Gasteiger partial charge in [-0.05, 0) is 17.7 Å². The van der Waals surface area contributed by atoms with E-state index in [1.54, 1.807) is 35.0 Å². The molecule has 132 valence electrons. The Morgan fingerprint density at radius 1 is 1.28 bits per heavy atom. The van der Waals surface area contributed by atoms with Crippen molar-refractivity contribution in [2.75, 3.05) is 13.1 Å². The van der Waals surface area contributed by atoms with Crippen LogP contribution in [0.1, 0.15) is 22.3 Å². The van der Waals surface area contributed by atoms with Crippen LogP contribution in [0, 0.1) is 0 Å². The van der Waals surface area contributed by atoms with Gasteiger partial charge in [-0.3, -0.25) is 14.4 Å². The minimum Gasteiger partial charge on any atom is -0.481 e. The predicted molar refractivity (Wildman–Crippen MR) is 95.1 cm³/mol. The molecule has 0 atom stereocenters. The van der Waals surface area contributed by atoms with Crippen molar-refractivity contribution in [3.05, 3.63) is 51.8 Å². The molecule has 0 fully saturated rings. The van der Waals surface area contributed by atoms with Crippen LogP contribution in [0.2, 0.25) is 0 Å². The summed E-state index contributed by atoms with van der Waals surface area (Å²) in [4.78, 5) is 35.4. The number of hydrogen-bond acceptors (Lipinski definition) is 5. The highest BCUT2D eigenvalue weighted by molar-refractivity contribution is 5.98. The first-order valence-corrected chi connectivity index (χ1v) is 7.72. The molecule has 0 unspecified atom stereocenters. The molecule has 0 aliphatic carbocycles. The highest BCUT2D eigenvalue weighted by Crippen LogP contribution is 2.15. The lowest BCUT2D eigenvalue weighted by Crippen LogP contribution is -2.31. The number of carboxylic acids is 1. The van der Waals surface area contributed by atoms with Gasteiger partial charge in [0.2, 0.25) is 5.43 Å². The van der Waals surface area contributed by atoms with Gasteiger partial charge in [0.05, 0.1) is 11.9 Å². The van der Waals surface area contributed by atoms with Gasteiger partial charge in [-0.2, -0.15) is 0 Å². The monoisotopic (exact) mass is 344 g/mol. The number of carboxylic acid groups (broad SMARTS) is 1. The summed E-state index contributed by atoms with van der Waals surface area (Å²) in [5.41, 5.74) is 12.1. The van der Waals surface area contributed by atoms with Crippen LogP contribution in [-0.2, 0) is 11.3 Å². The molecule has 0 aliphatic rings. The Balaban J connectivity index is 2.52. The standard InChI is InChI=1S/C17H20N4O4/c18-5-1-7-21-10-13(17(25)20-6-4-15(22)23)16(24)12-3-2-11(9-19)8-14(12)21/h1-3,7-8,10H,4-6,9,18-19H2,(H,20,25)(H,22,23)/b7-1+. The van der Waals surface area contributed by atoms with E-state index in [-0.39, 0.29) is 18.5 Å². The maximum absolute atomic E-state index is 12.6. The fourth-order valence-electron chi connectivity index (χ4n) is 2.36. The number of rotatable bonds is 7. The highest BCUT2D eigenvalue weighted by atomic mass is 16.4. The van der Waals surface area contributed by atoms with Crippen LogP contribution in [0.3, 0.4) is 0 Å². The summed E-state index contributed by atoms with van der Waals surface area (Å²) in [6, 6.07) is 5.14. The van der Waals surface area contributed by atoms with Gasteiger partial charge in [-0.1, -0.05) is 12.1 Å². The summed E-state index contributed by atoms with van der Waals surface area (Å²) in [6.45, 7) is 0.558. The molecule has 1 amide bonds. The second-order valence-electron chi connectivity index (χ2n) is 5.35. The average Bonchev–Trinajstić information content (AvgIpc) is 2.60. The van der Waals surface area contributed by atoms with Crippen molar-refractivity contribution in [1.29, 1.82) is 0 Å². The number of amides is 1. The number of aromatic nitrogens is 1. The van der Waals surface area contributed by atoms with Gasteiger partial charge in [0.25, 0.3) is 5.91 Å². The molecule has 0 aliphatic heterocycles. The summed E-state index contributed by atoms with van der Waals surface area (Å²) >= 11 is 0. The second kappa shape index (κ2) is 8.22. The summed E-state index contributed by atoms with van der Waals surface area (Å²) in [5, 5.41) is 11.4. The van der Waals surface area contributed by atoms with Crippen molar-refractivity contribution in [3.8, 4) is 0 Å². The maximum Gasteiger partial charge on any atom is 0.305 e. The fourth-order valence-corrected chi connectivity index (χ4v) is 2.36. The summed E-state index contributed by atoms with van der Waals surface area (Å²) in [7, 11) is 0. The van der Waals surface area contributed by atoms with Crippen molar-refractivity contribution in [2.24, 2.45) is 11.5 Å². The van der Waals surface area contributed by atoms with Crippen LogP contribution in [0.5, 0.6) is 0 Å². The van der Waals surface area contributed by atoms with Gasteiger partial charge in [0.1, 0.15) is 5.56 Å². The van der Waals surface area contributed by atoms with E-state index in [4.69, 9.17) is 16.6 Å². The fraction of sp³-hybridized carbons (Fsp3) is 0.235. The van der Waals surface area contributed by atoms with E-state index in [0.29, 0.717) is 24.0 Å². The third-order valence-corrected chi connectivity index (χ3v) is 3.60. The molecule has 0 saturated carbocycles. The van der Waals surface area contributed by atoms with Crippen molar-refractivity contribution < 1.29 is 14.7 Å². The number of carbonyl (C=O) groups excluding carboxylic acids is 1. The van der Waals surface area contributed by atoms with Crippen molar-refractivity contribution in [1.82, 2.24) is 9.88 Å². The molecule has 8 nitrogen and oxygen atoms in total. The van der Waals surface area contributed by atoms with Crippen LogP contribution in [0.15, 0.2) is 35.3 Å². The van der Waals surface area contributed by atoms with Gasteiger partial charge in [-0.15, -0.1) is 0 Å². The van der Waals surface area contributed by atoms with Crippen LogP contribution in [-0.4, -0.2) is 34.6 Å². The van der Waals surface area contributed by atoms with Gasteiger partial charge in [0.15, 0.2) is 0 Å². The number of fused-ring (bicyclic) bond motifs is 1. The van der Waals surface area contributed by atoms with Crippen molar-refractivity contribution >= 4 is 29.0 Å². The smallest absolute Gasteiger partial charge is 0.305 e. The minimum atomic E-state index is -1.03. The Morgan fingerprint density at radius 2 is 2.04 bits per heavy atom. The lowest BCUT2D eigenvalue weighted by Gasteiger charge is -2.11. The highest BCUT2D eigenvalue weighted by Gasteiger charge is 2.15. The van der Waals surface area contributed by atoms with E-state index in [1.807, 2.05) is 0 Å². The molecule has 25 heavy (non-hydrogen) atoms. The largest absolute Gasteiger partial charge is 0.481 e. The van der Waals surface area contributed by atoms with Crippen LogP contribution < -0.4 is 22.2 Å². The van der Waals surface area contributed by atoms with Gasteiger partial charge in [0, 0.05) is 37.4 Å². The third-order valence-electron chi connectivity index (χ3n) is 3.60. The van der Waals surface area contributed by atoms with Gasteiger partial charge >= 0.3 is 5.97 Å². The molecule has 2 rings (SSSR count). The van der Waals surface area contributed by atoms with E-state index >= 15 is 0 Å². The number of nitrogens with one attached hydrogen (secondary N) is 1. The Hall–Kier alpha value is -2.97. The Labute approximate surface area is 143 Å². The van der Waals surface area contributed by atoms with Crippen LogP contribution in [0.25, 0.3) is 17.1 Å². The lowest BCUT2D eigenvalue weighted by molar-refractivity contribution is -0.136. The first-order chi connectivity index (χ1) is 12.0. The molecule has 2 aromatic rings. The van der Waals surface area contributed by atoms with Gasteiger partial charge < -0.3 is 26.5 Å². The third kappa shape index (κ3) is 4.31. The zero-order chi connectivity index (χ0) is 18.4. The number of nitrogens with zero attached hydrogens (tertiary/aromatic N) is 1. The second-order valence-corrected chi connectivity index (χ2v) is 5.35. The number of hydrogen-bond donors (Lipinski definition) is 4. The van der Waals surface area contributed by atoms with E-state index in [9.17, 15) is 14.4 Å². The maximum atomic E-state index is 12.6. The molecule has 1 aromatic carbocycles. The predicted octanol–water partition coefficient (Wildman–Crippen LogP) is 0.0941. The first kappa shape index (κ1) is 18.4. The normalized spacial score (nSPS) is 11.1. The molecular formula is C17H20N4O4. The average molecular weight is 344 g/mol.